The lowest BCUT2D eigenvalue weighted by atomic mass is 9.86. The van der Waals surface area contributed by atoms with Gasteiger partial charge in [-0.3, -0.25) is 0 Å². The van der Waals surface area contributed by atoms with Crippen molar-refractivity contribution in [1.82, 2.24) is 4.98 Å². The highest BCUT2D eigenvalue weighted by Gasteiger charge is 2.28. The van der Waals surface area contributed by atoms with E-state index in [0.717, 1.165) is 33.4 Å². The molecule has 0 spiro atoms. The number of hydrogen-bond acceptors (Lipinski definition) is 3. The van der Waals surface area contributed by atoms with E-state index in [1.807, 2.05) is 66.9 Å². The van der Waals surface area contributed by atoms with Gasteiger partial charge in [0.2, 0.25) is 0 Å². The van der Waals surface area contributed by atoms with Gasteiger partial charge >= 0.3 is 0 Å². The van der Waals surface area contributed by atoms with Gasteiger partial charge in [0, 0.05) is 29.4 Å². The van der Waals surface area contributed by atoms with Crippen molar-refractivity contribution in [2.75, 3.05) is 11.4 Å². The molecule has 1 aliphatic heterocycles. The highest BCUT2D eigenvalue weighted by molar-refractivity contribution is 5.85. The third kappa shape index (κ3) is 2.58. The Balaban J connectivity index is 1.89. The summed E-state index contributed by atoms with van der Waals surface area (Å²) in [5.41, 5.74) is 4.77. The minimum absolute atomic E-state index is 0.328. The van der Waals surface area contributed by atoms with Crippen LogP contribution in [0.15, 0.2) is 79.5 Å². The van der Waals surface area contributed by atoms with Crippen molar-refractivity contribution in [3.63, 3.8) is 0 Å². The van der Waals surface area contributed by atoms with Crippen LogP contribution < -0.4 is 4.90 Å². The van der Waals surface area contributed by atoms with Gasteiger partial charge in [-0.25, -0.2) is 4.98 Å². The Labute approximate surface area is 147 Å². The van der Waals surface area contributed by atoms with E-state index in [-0.39, 0.29) is 5.92 Å². The molecule has 0 bridgehead atoms. The molecule has 3 nitrogen and oxygen atoms in total. The number of fused-ring (bicyclic) bond motifs is 2. The monoisotopic (exact) mass is 323 g/mol. The van der Waals surface area contributed by atoms with E-state index >= 15 is 0 Å². The Kier molecular flexibility index (Phi) is 3.80. The zero-order chi connectivity index (χ0) is 17.2. The van der Waals surface area contributed by atoms with E-state index in [1.165, 1.54) is 0 Å². The lowest BCUT2D eigenvalue weighted by molar-refractivity contribution is 0.982. The van der Waals surface area contributed by atoms with Crippen molar-refractivity contribution >= 4 is 22.2 Å². The summed E-state index contributed by atoms with van der Waals surface area (Å²) in [5, 5.41) is 10.9. The summed E-state index contributed by atoms with van der Waals surface area (Å²) < 4.78 is 0. The molecule has 120 valence electrons. The topological polar surface area (TPSA) is 39.9 Å². The molecule has 3 heteroatoms. The molecule has 4 rings (SSSR count). The van der Waals surface area contributed by atoms with Crippen LogP contribution in [-0.2, 0) is 0 Å². The second-order valence-electron chi connectivity index (χ2n) is 6.04. The minimum atomic E-state index is -0.328. The SMILES string of the molecule is C=CCN1C=C(c2ccc3ccccc3n2)C(C#N)c2ccccc21. The van der Waals surface area contributed by atoms with Crippen molar-refractivity contribution in [3.05, 3.63) is 90.8 Å². The molecule has 25 heavy (non-hydrogen) atoms. The maximum atomic E-state index is 9.84. The standard InChI is InChI=1S/C22H17N3/c1-2-13-25-15-19(18(14-23)17-8-4-6-10-22(17)25)21-12-11-16-7-3-5-9-20(16)24-21/h2-12,15,18H,1,13H2. The number of aromatic nitrogens is 1. The molecule has 0 N–H and O–H groups in total. The number of benzene rings is 2. The van der Waals surface area contributed by atoms with Gasteiger partial charge in [0.1, 0.15) is 5.92 Å². The maximum absolute atomic E-state index is 9.84. The van der Waals surface area contributed by atoms with Crippen molar-refractivity contribution in [2.24, 2.45) is 0 Å². The second-order valence-corrected chi connectivity index (χ2v) is 6.04. The van der Waals surface area contributed by atoms with Crippen molar-refractivity contribution in [2.45, 2.75) is 5.92 Å². The van der Waals surface area contributed by atoms with E-state index in [0.29, 0.717) is 6.54 Å². The Hall–Kier alpha value is -3.38. The zero-order valence-electron chi connectivity index (χ0n) is 13.8. The molecule has 1 atom stereocenters. The van der Waals surface area contributed by atoms with E-state index in [1.54, 1.807) is 0 Å². The van der Waals surface area contributed by atoms with Gasteiger partial charge in [0.25, 0.3) is 0 Å². The number of nitrogens with zero attached hydrogens (tertiary/aromatic N) is 3. The highest BCUT2D eigenvalue weighted by Crippen LogP contribution is 2.41. The van der Waals surface area contributed by atoms with Gasteiger partial charge < -0.3 is 4.90 Å². The molecular weight excluding hydrogens is 306 g/mol. The van der Waals surface area contributed by atoms with Crippen LogP contribution in [0.3, 0.4) is 0 Å². The third-order valence-electron chi connectivity index (χ3n) is 4.51. The number of allylic oxidation sites excluding steroid dienone is 1. The largest absolute Gasteiger partial charge is 0.343 e. The van der Waals surface area contributed by atoms with Gasteiger partial charge in [0.05, 0.1) is 17.3 Å². The van der Waals surface area contributed by atoms with Crippen LogP contribution in [-0.4, -0.2) is 11.5 Å². The summed E-state index contributed by atoms with van der Waals surface area (Å²) in [5.74, 6) is -0.328. The lowest BCUT2D eigenvalue weighted by Gasteiger charge is -2.31. The van der Waals surface area contributed by atoms with Crippen LogP contribution in [0.25, 0.3) is 16.5 Å². The quantitative estimate of drug-likeness (QED) is 0.644. The average molecular weight is 323 g/mol. The number of anilines is 1. The first-order chi connectivity index (χ1) is 12.3. The normalized spacial score (nSPS) is 16.0. The molecule has 0 amide bonds. The zero-order valence-corrected chi connectivity index (χ0v) is 13.8. The molecule has 0 aliphatic carbocycles. The average Bonchev–Trinajstić information content (AvgIpc) is 2.67. The number of nitriles is 1. The third-order valence-corrected chi connectivity index (χ3v) is 4.51. The summed E-state index contributed by atoms with van der Waals surface area (Å²) in [4.78, 5) is 6.92. The maximum Gasteiger partial charge on any atom is 0.102 e. The predicted molar refractivity (Wildman–Crippen MR) is 102 cm³/mol. The molecule has 0 saturated heterocycles. The van der Waals surface area contributed by atoms with Gasteiger partial charge in [-0.15, -0.1) is 6.58 Å². The van der Waals surface area contributed by atoms with E-state index in [9.17, 15) is 5.26 Å². The molecular formula is C22H17N3. The van der Waals surface area contributed by atoms with Crippen LogP contribution in [0.4, 0.5) is 5.69 Å². The fourth-order valence-electron chi connectivity index (χ4n) is 3.34. The molecule has 2 heterocycles. The molecule has 3 aromatic rings. The Morgan fingerprint density at radius 3 is 2.72 bits per heavy atom. The summed E-state index contributed by atoms with van der Waals surface area (Å²) in [7, 11) is 0. The Morgan fingerprint density at radius 2 is 1.88 bits per heavy atom. The van der Waals surface area contributed by atoms with Crippen LogP contribution in [0.5, 0.6) is 0 Å². The fourth-order valence-corrected chi connectivity index (χ4v) is 3.34. The summed E-state index contributed by atoms with van der Waals surface area (Å²) >= 11 is 0. The molecule has 2 aromatic carbocycles. The molecule has 1 aliphatic rings. The number of para-hydroxylation sites is 2. The summed E-state index contributed by atoms with van der Waals surface area (Å²) in [6.45, 7) is 4.54. The van der Waals surface area contributed by atoms with Gasteiger partial charge in [0.15, 0.2) is 0 Å². The fraction of sp³-hybridized carbons (Fsp3) is 0.0909. The van der Waals surface area contributed by atoms with Gasteiger partial charge in [-0.2, -0.15) is 5.26 Å². The van der Waals surface area contributed by atoms with Crippen LogP contribution in [0.1, 0.15) is 17.2 Å². The second kappa shape index (κ2) is 6.26. The molecule has 0 fully saturated rings. The first-order valence-electron chi connectivity index (χ1n) is 8.26. The van der Waals surface area contributed by atoms with Crippen molar-refractivity contribution < 1.29 is 0 Å². The Morgan fingerprint density at radius 1 is 1.08 bits per heavy atom. The van der Waals surface area contributed by atoms with Crippen LogP contribution >= 0.6 is 0 Å². The van der Waals surface area contributed by atoms with E-state index in [4.69, 9.17) is 4.98 Å². The Bertz CT molecular complexity index is 1030. The van der Waals surface area contributed by atoms with Crippen molar-refractivity contribution in [1.29, 1.82) is 5.26 Å². The highest BCUT2D eigenvalue weighted by atomic mass is 15.1. The smallest absolute Gasteiger partial charge is 0.102 e. The first-order valence-corrected chi connectivity index (χ1v) is 8.26. The lowest BCUT2D eigenvalue weighted by Crippen LogP contribution is -2.24. The molecule has 1 aromatic heterocycles. The minimum Gasteiger partial charge on any atom is -0.343 e. The van der Waals surface area contributed by atoms with Crippen LogP contribution in [0.2, 0.25) is 0 Å². The number of rotatable bonds is 3. The summed E-state index contributed by atoms with van der Waals surface area (Å²) in [6.07, 6.45) is 3.90. The van der Waals surface area contributed by atoms with Crippen LogP contribution in [0, 0.1) is 11.3 Å². The van der Waals surface area contributed by atoms with E-state index in [2.05, 4.69) is 23.6 Å². The molecule has 1 unspecified atom stereocenters. The molecule has 0 saturated carbocycles. The number of hydrogen-bond donors (Lipinski definition) is 0. The summed E-state index contributed by atoms with van der Waals surface area (Å²) in [6, 6.07) is 22.6. The number of pyridine rings is 1. The van der Waals surface area contributed by atoms with Gasteiger partial charge in [-0.05, 0) is 23.8 Å². The van der Waals surface area contributed by atoms with Gasteiger partial charge in [-0.1, -0.05) is 48.5 Å². The molecule has 0 radical (unpaired) electrons. The predicted octanol–water partition coefficient (Wildman–Crippen LogP) is 4.89. The van der Waals surface area contributed by atoms with E-state index < -0.39 is 0 Å². The first kappa shape index (κ1) is 15.2. The van der Waals surface area contributed by atoms with Crippen molar-refractivity contribution in [3.8, 4) is 6.07 Å².